The van der Waals surface area contributed by atoms with E-state index >= 15 is 0 Å². The van der Waals surface area contributed by atoms with Gasteiger partial charge in [0, 0.05) is 31.5 Å². The summed E-state index contributed by atoms with van der Waals surface area (Å²) >= 11 is 0. The second kappa shape index (κ2) is 5.56. The maximum Gasteiger partial charge on any atom is 0.242 e. The minimum Gasteiger partial charge on any atom is -0.342 e. The first-order valence-electron chi connectivity index (χ1n) is 5.34. The van der Waals surface area contributed by atoms with Crippen molar-refractivity contribution in [2.45, 2.75) is 26.9 Å². The van der Waals surface area contributed by atoms with Crippen molar-refractivity contribution in [3.05, 3.63) is 24.0 Å². The average molecular weight is 209 g/mol. The van der Waals surface area contributed by atoms with Gasteiger partial charge in [-0.05, 0) is 26.0 Å². The number of nitrogens with zero attached hydrogens (tertiary/aromatic N) is 2. The number of carbonyl (C=O) groups is 1. The second-order valence-corrected chi connectivity index (χ2v) is 3.40. The van der Waals surface area contributed by atoms with E-state index in [0.29, 0.717) is 13.1 Å². The van der Waals surface area contributed by atoms with Crippen LogP contribution in [0.1, 0.15) is 19.5 Å². The molecule has 0 bridgehead atoms. The molecule has 0 atom stereocenters. The van der Waals surface area contributed by atoms with Gasteiger partial charge in [-0.15, -0.1) is 0 Å². The Labute approximate surface area is 90.7 Å². The van der Waals surface area contributed by atoms with Crippen molar-refractivity contribution < 1.29 is 4.79 Å². The van der Waals surface area contributed by atoms with Crippen LogP contribution < -0.4 is 5.73 Å². The van der Waals surface area contributed by atoms with E-state index in [9.17, 15) is 4.79 Å². The van der Waals surface area contributed by atoms with E-state index in [1.165, 1.54) is 0 Å². The highest BCUT2D eigenvalue weighted by atomic mass is 16.2. The van der Waals surface area contributed by atoms with E-state index in [4.69, 9.17) is 5.73 Å². The number of aromatic nitrogens is 1. The van der Waals surface area contributed by atoms with Crippen LogP contribution in [0.3, 0.4) is 0 Å². The zero-order valence-electron chi connectivity index (χ0n) is 9.44. The zero-order valence-corrected chi connectivity index (χ0v) is 9.44. The molecule has 0 fully saturated rings. The van der Waals surface area contributed by atoms with Crippen LogP contribution in [-0.2, 0) is 17.9 Å². The first kappa shape index (κ1) is 11.8. The van der Waals surface area contributed by atoms with E-state index in [0.717, 1.165) is 18.8 Å². The van der Waals surface area contributed by atoms with E-state index in [2.05, 4.69) is 0 Å². The Morgan fingerprint density at radius 3 is 2.67 bits per heavy atom. The van der Waals surface area contributed by atoms with Gasteiger partial charge in [0.25, 0.3) is 0 Å². The smallest absolute Gasteiger partial charge is 0.242 e. The summed E-state index contributed by atoms with van der Waals surface area (Å²) < 4.78 is 1.90. The molecule has 0 saturated heterocycles. The fraction of sp³-hybridized carbons (Fsp3) is 0.545. The molecule has 0 aliphatic carbocycles. The molecule has 4 nitrogen and oxygen atoms in total. The minimum absolute atomic E-state index is 0.144. The van der Waals surface area contributed by atoms with Gasteiger partial charge >= 0.3 is 0 Å². The standard InChI is InChI=1S/C11H19N3O/c1-3-13(4-2)11(15)9-14-7-5-6-10(14)8-12/h5-7H,3-4,8-9,12H2,1-2H3. The zero-order chi connectivity index (χ0) is 11.3. The predicted octanol–water partition coefficient (Wildman–Crippen LogP) is 0.815. The molecule has 1 rings (SSSR count). The van der Waals surface area contributed by atoms with Crippen molar-refractivity contribution in [1.82, 2.24) is 9.47 Å². The van der Waals surface area contributed by atoms with Gasteiger partial charge in [0.2, 0.25) is 5.91 Å². The molecule has 2 N–H and O–H groups in total. The number of likely N-dealkylation sites (N-methyl/N-ethyl adjacent to an activating group) is 1. The summed E-state index contributed by atoms with van der Waals surface area (Å²) in [4.78, 5) is 13.6. The summed E-state index contributed by atoms with van der Waals surface area (Å²) in [6.07, 6.45) is 1.89. The lowest BCUT2D eigenvalue weighted by Crippen LogP contribution is -2.33. The van der Waals surface area contributed by atoms with Crippen LogP contribution in [0.2, 0.25) is 0 Å². The Morgan fingerprint density at radius 2 is 2.13 bits per heavy atom. The maximum absolute atomic E-state index is 11.8. The number of hydrogen-bond acceptors (Lipinski definition) is 2. The van der Waals surface area contributed by atoms with E-state index in [-0.39, 0.29) is 5.91 Å². The predicted molar refractivity (Wildman–Crippen MR) is 60.3 cm³/mol. The molecule has 1 heterocycles. The normalized spacial score (nSPS) is 10.3. The Balaban J connectivity index is 2.65. The van der Waals surface area contributed by atoms with Crippen molar-refractivity contribution >= 4 is 5.91 Å². The van der Waals surface area contributed by atoms with Crippen LogP contribution in [0.4, 0.5) is 0 Å². The lowest BCUT2D eigenvalue weighted by Gasteiger charge is -2.19. The lowest BCUT2D eigenvalue weighted by atomic mass is 10.4. The Morgan fingerprint density at radius 1 is 1.47 bits per heavy atom. The molecule has 1 aromatic heterocycles. The van der Waals surface area contributed by atoms with Crippen LogP contribution in [0, 0.1) is 0 Å². The summed E-state index contributed by atoms with van der Waals surface area (Å²) in [5.74, 6) is 0.144. The molecule has 0 radical (unpaired) electrons. The SMILES string of the molecule is CCN(CC)C(=O)Cn1cccc1CN. The molecule has 0 aliphatic heterocycles. The van der Waals surface area contributed by atoms with Crippen molar-refractivity contribution in [3.8, 4) is 0 Å². The highest BCUT2D eigenvalue weighted by Gasteiger charge is 2.10. The first-order chi connectivity index (χ1) is 7.22. The molecular formula is C11H19N3O. The number of rotatable bonds is 5. The third kappa shape index (κ3) is 2.83. The third-order valence-corrected chi connectivity index (χ3v) is 2.55. The topological polar surface area (TPSA) is 51.3 Å². The van der Waals surface area contributed by atoms with E-state index in [1.54, 1.807) is 0 Å². The Bertz CT molecular complexity index is 315. The summed E-state index contributed by atoms with van der Waals surface area (Å²) in [5, 5.41) is 0. The molecule has 1 aromatic rings. The molecular weight excluding hydrogens is 190 g/mol. The van der Waals surface area contributed by atoms with E-state index in [1.807, 2.05) is 41.6 Å². The molecule has 0 aromatic carbocycles. The first-order valence-corrected chi connectivity index (χ1v) is 5.34. The molecule has 1 amide bonds. The Hall–Kier alpha value is -1.29. The summed E-state index contributed by atoms with van der Waals surface area (Å²) in [6, 6.07) is 3.85. The number of nitrogens with two attached hydrogens (primary N) is 1. The summed E-state index contributed by atoms with van der Waals surface area (Å²) in [7, 11) is 0. The number of carbonyl (C=O) groups excluding carboxylic acids is 1. The van der Waals surface area contributed by atoms with E-state index < -0.39 is 0 Å². The van der Waals surface area contributed by atoms with Crippen LogP contribution >= 0.6 is 0 Å². The largest absolute Gasteiger partial charge is 0.342 e. The monoisotopic (exact) mass is 209 g/mol. The quantitative estimate of drug-likeness (QED) is 0.780. The molecule has 15 heavy (non-hydrogen) atoms. The van der Waals surface area contributed by atoms with Crippen LogP contribution in [-0.4, -0.2) is 28.5 Å². The fourth-order valence-corrected chi connectivity index (χ4v) is 1.61. The van der Waals surface area contributed by atoms with Crippen LogP contribution in [0.15, 0.2) is 18.3 Å². The Kier molecular flexibility index (Phi) is 4.37. The number of hydrogen-bond donors (Lipinski definition) is 1. The molecule has 84 valence electrons. The van der Waals surface area contributed by atoms with Crippen LogP contribution in [0.25, 0.3) is 0 Å². The van der Waals surface area contributed by atoms with Crippen molar-refractivity contribution in [2.24, 2.45) is 5.73 Å². The molecule has 0 saturated carbocycles. The lowest BCUT2D eigenvalue weighted by molar-refractivity contribution is -0.131. The molecule has 0 unspecified atom stereocenters. The van der Waals surface area contributed by atoms with Crippen molar-refractivity contribution in [1.29, 1.82) is 0 Å². The molecule has 0 spiro atoms. The highest BCUT2D eigenvalue weighted by molar-refractivity contribution is 5.76. The minimum atomic E-state index is 0.144. The fourth-order valence-electron chi connectivity index (χ4n) is 1.61. The van der Waals surface area contributed by atoms with Crippen molar-refractivity contribution in [2.75, 3.05) is 13.1 Å². The highest BCUT2D eigenvalue weighted by Crippen LogP contribution is 2.02. The number of amides is 1. The third-order valence-electron chi connectivity index (χ3n) is 2.55. The maximum atomic E-state index is 11.8. The van der Waals surface area contributed by atoms with Gasteiger partial charge in [-0.1, -0.05) is 0 Å². The molecule has 0 aliphatic rings. The van der Waals surface area contributed by atoms with Gasteiger partial charge in [-0.25, -0.2) is 0 Å². The van der Waals surface area contributed by atoms with Gasteiger partial charge in [0.1, 0.15) is 6.54 Å². The van der Waals surface area contributed by atoms with Gasteiger partial charge in [-0.2, -0.15) is 0 Å². The van der Waals surface area contributed by atoms with Crippen LogP contribution in [0.5, 0.6) is 0 Å². The van der Waals surface area contributed by atoms with Crippen molar-refractivity contribution in [3.63, 3.8) is 0 Å². The summed E-state index contributed by atoms with van der Waals surface area (Å²) in [6.45, 7) is 6.35. The second-order valence-electron chi connectivity index (χ2n) is 3.40. The van der Waals surface area contributed by atoms with Gasteiger partial charge in [-0.3, -0.25) is 4.79 Å². The molecule has 4 heteroatoms. The summed E-state index contributed by atoms with van der Waals surface area (Å²) in [5.41, 5.74) is 6.56. The average Bonchev–Trinajstić information content (AvgIpc) is 2.67. The van der Waals surface area contributed by atoms with Gasteiger partial charge in [0.05, 0.1) is 0 Å². The van der Waals surface area contributed by atoms with Gasteiger partial charge in [0.15, 0.2) is 0 Å². The van der Waals surface area contributed by atoms with Gasteiger partial charge < -0.3 is 15.2 Å².